The van der Waals surface area contributed by atoms with E-state index in [1.54, 1.807) is 4.90 Å². The van der Waals surface area contributed by atoms with E-state index < -0.39 is 5.60 Å². The molecule has 2 aromatic heterocycles. The van der Waals surface area contributed by atoms with E-state index in [1.807, 2.05) is 37.5 Å². The first-order valence-corrected chi connectivity index (χ1v) is 13.4. The van der Waals surface area contributed by atoms with Gasteiger partial charge in [-0.1, -0.05) is 32.5 Å². The minimum atomic E-state index is -0.590. The molecule has 12 heteroatoms. The summed E-state index contributed by atoms with van der Waals surface area (Å²) in [5.74, 6) is 1.73. The SMILES string of the molecule is CC(C)(C)CN(CCn1c(Sc2cc3c(cc2I)OCO3)nc2c(N)ncnc21)C(=O)OC(C)(C)C. The number of aromatic nitrogens is 4. The standard InChI is InChI=1S/C24H31IN6O4S/c1-23(2,3)11-30(22(32)35-24(4,5)6)7-8-31-20-18(19(26)27-12-28-20)29-21(31)36-17-10-16-15(9-14(17)25)33-13-34-16/h9-10,12H,7-8,11,13H2,1-6H3,(H2,26,27,28). The molecule has 0 saturated heterocycles. The number of rotatable bonds is 6. The van der Waals surface area contributed by atoms with Crippen molar-refractivity contribution in [3.8, 4) is 11.5 Å². The van der Waals surface area contributed by atoms with E-state index in [2.05, 4.69) is 53.3 Å². The van der Waals surface area contributed by atoms with Gasteiger partial charge in [-0.05, 0) is 60.9 Å². The summed E-state index contributed by atoms with van der Waals surface area (Å²) in [6.07, 6.45) is 1.07. The minimum Gasteiger partial charge on any atom is -0.454 e. The topological polar surface area (TPSA) is 118 Å². The second kappa shape index (κ2) is 10.1. The van der Waals surface area contributed by atoms with Gasteiger partial charge in [-0.2, -0.15) is 0 Å². The maximum atomic E-state index is 13.0. The van der Waals surface area contributed by atoms with Gasteiger partial charge in [0, 0.05) is 28.1 Å². The molecule has 1 aliphatic rings. The van der Waals surface area contributed by atoms with E-state index >= 15 is 0 Å². The van der Waals surface area contributed by atoms with Gasteiger partial charge in [-0.15, -0.1) is 0 Å². The van der Waals surface area contributed by atoms with Crippen molar-refractivity contribution in [3.05, 3.63) is 22.0 Å². The zero-order chi connectivity index (χ0) is 26.3. The zero-order valence-electron chi connectivity index (χ0n) is 21.3. The van der Waals surface area contributed by atoms with Crippen LogP contribution in [0.4, 0.5) is 10.6 Å². The van der Waals surface area contributed by atoms with Crippen LogP contribution < -0.4 is 15.2 Å². The molecule has 0 atom stereocenters. The molecule has 0 aliphatic carbocycles. The molecule has 4 rings (SSSR count). The van der Waals surface area contributed by atoms with Gasteiger partial charge in [0.15, 0.2) is 33.6 Å². The van der Waals surface area contributed by atoms with Gasteiger partial charge in [-0.3, -0.25) is 0 Å². The largest absolute Gasteiger partial charge is 0.454 e. The Morgan fingerprint density at radius 2 is 1.89 bits per heavy atom. The summed E-state index contributed by atoms with van der Waals surface area (Å²) in [6.45, 7) is 13.5. The molecule has 3 heterocycles. The third-order valence-corrected chi connectivity index (χ3v) is 7.37. The monoisotopic (exact) mass is 626 g/mol. The highest BCUT2D eigenvalue weighted by atomic mass is 127. The number of ether oxygens (including phenoxy) is 3. The molecule has 3 aromatic rings. The number of nitrogens with two attached hydrogens (primary N) is 1. The Hall–Kier alpha value is -2.48. The van der Waals surface area contributed by atoms with Crippen molar-refractivity contribution in [1.29, 1.82) is 0 Å². The van der Waals surface area contributed by atoms with Crippen LogP contribution in [0.15, 0.2) is 28.5 Å². The average Bonchev–Trinajstić information content (AvgIpc) is 3.34. The molecule has 194 valence electrons. The van der Waals surface area contributed by atoms with E-state index in [9.17, 15) is 4.79 Å². The van der Waals surface area contributed by atoms with Gasteiger partial charge in [0.05, 0.1) is 0 Å². The fourth-order valence-electron chi connectivity index (χ4n) is 3.64. The van der Waals surface area contributed by atoms with Crippen LogP contribution in [0, 0.1) is 8.99 Å². The molecule has 10 nitrogen and oxygen atoms in total. The number of anilines is 1. The highest BCUT2D eigenvalue weighted by molar-refractivity contribution is 14.1. The first-order chi connectivity index (χ1) is 16.8. The first-order valence-electron chi connectivity index (χ1n) is 11.5. The molecule has 1 aliphatic heterocycles. The zero-order valence-corrected chi connectivity index (χ0v) is 24.3. The van der Waals surface area contributed by atoms with Crippen LogP contribution in [0.3, 0.4) is 0 Å². The second-order valence-electron chi connectivity index (χ2n) is 10.7. The molecule has 36 heavy (non-hydrogen) atoms. The third kappa shape index (κ3) is 6.25. The van der Waals surface area contributed by atoms with Crippen molar-refractivity contribution in [2.75, 3.05) is 25.6 Å². The fourth-order valence-corrected chi connectivity index (χ4v) is 5.36. The molecular weight excluding hydrogens is 595 g/mol. The Morgan fingerprint density at radius 1 is 1.19 bits per heavy atom. The van der Waals surface area contributed by atoms with Crippen LogP contribution in [0.2, 0.25) is 0 Å². The number of imidazole rings is 1. The summed E-state index contributed by atoms with van der Waals surface area (Å²) in [7, 11) is 0. The molecule has 0 radical (unpaired) electrons. The summed E-state index contributed by atoms with van der Waals surface area (Å²) < 4.78 is 19.7. The van der Waals surface area contributed by atoms with Crippen LogP contribution in [-0.2, 0) is 11.3 Å². The summed E-state index contributed by atoms with van der Waals surface area (Å²) >= 11 is 3.74. The van der Waals surface area contributed by atoms with Crippen LogP contribution in [0.25, 0.3) is 11.2 Å². The van der Waals surface area contributed by atoms with E-state index in [0.717, 1.165) is 14.2 Å². The van der Waals surface area contributed by atoms with Crippen molar-refractivity contribution in [2.24, 2.45) is 5.41 Å². The first kappa shape index (κ1) is 26.6. The van der Waals surface area contributed by atoms with E-state index in [4.69, 9.17) is 24.9 Å². The van der Waals surface area contributed by atoms with Gasteiger partial charge in [0.2, 0.25) is 6.79 Å². The van der Waals surface area contributed by atoms with Gasteiger partial charge < -0.3 is 29.4 Å². The Labute approximate surface area is 228 Å². The Morgan fingerprint density at radius 3 is 2.56 bits per heavy atom. The highest BCUT2D eigenvalue weighted by Crippen LogP contribution is 2.41. The Kier molecular flexibility index (Phi) is 7.47. The fraction of sp³-hybridized carbons (Fsp3) is 0.500. The normalized spacial score (nSPS) is 13.3. The predicted molar refractivity (Wildman–Crippen MR) is 146 cm³/mol. The number of carbonyl (C=O) groups is 1. The lowest BCUT2D eigenvalue weighted by Crippen LogP contribution is -2.42. The molecule has 1 amide bonds. The van der Waals surface area contributed by atoms with Gasteiger partial charge >= 0.3 is 6.09 Å². The van der Waals surface area contributed by atoms with Gasteiger partial charge in [-0.25, -0.2) is 19.7 Å². The highest BCUT2D eigenvalue weighted by Gasteiger charge is 2.27. The summed E-state index contributed by atoms with van der Waals surface area (Å²) in [4.78, 5) is 29.1. The lowest BCUT2D eigenvalue weighted by molar-refractivity contribution is 0.0180. The van der Waals surface area contributed by atoms with Gasteiger partial charge in [0.25, 0.3) is 0 Å². The van der Waals surface area contributed by atoms with Crippen molar-refractivity contribution in [1.82, 2.24) is 24.4 Å². The molecule has 0 bridgehead atoms. The summed E-state index contributed by atoms with van der Waals surface area (Å²) in [5, 5.41) is 0.689. The van der Waals surface area contributed by atoms with Crippen molar-refractivity contribution in [3.63, 3.8) is 0 Å². The Balaban J connectivity index is 1.66. The average molecular weight is 627 g/mol. The van der Waals surface area contributed by atoms with E-state index in [-0.39, 0.29) is 18.3 Å². The van der Waals surface area contributed by atoms with Crippen molar-refractivity contribution < 1.29 is 19.0 Å². The molecule has 0 saturated carbocycles. The lowest BCUT2D eigenvalue weighted by atomic mass is 9.96. The van der Waals surface area contributed by atoms with E-state index in [0.29, 0.717) is 47.5 Å². The lowest BCUT2D eigenvalue weighted by Gasteiger charge is -2.32. The quantitative estimate of drug-likeness (QED) is 0.370. The summed E-state index contributed by atoms with van der Waals surface area (Å²) in [6, 6.07) is 3.89. The van der Waals surface area contributed by atoms with Crippen LogP contribution in [-0.4, -0.2) is 56.0 Å². The molecule has 0 spiro atoms. The third-order valence-electron chi connectivity index (χ3n) is 5.06. The van der Waals surface area contributed by atoms with Gasteiger partial charge in [0.1, 0.15) is 11.9 Å². The molecular formula is C24H31IN6O4S. The number of hydrogen-bond acceptors (Lipinski definition) is 9. The molecule has 0 unspecified atom stereocenters. The summed E-state index contributed by atoms with van der Waals surface area (Å²) in [5.41, 5.74) is 6.57. The van der Waals surface area contributed by atoms with E-state index in [1.165, 1.54) is 18.1 Å². The van der Waals surface area contributed by atoms with Crippen LogP contribution >= 0.6 is 34.4 Å². The van der Waals surface area contributed by atoms with Crippen LogP contribution in [0.5, 0.6) is 11.5 Å². The maximum absolute atomic E-state index is 13.0. The van der Waals surface area contributed by atoms with Crippen molar-refractivity contribution in [2.45, 2.75) is 63.7 Å². The minimum absolute atomic E-state index is 0.110. The molecule has 2 N–H and O–H groups in total. The number of halogens is 1. The number of fused-ring (bicyclic) bond motifs is 2. The second-order valence-corrected chi connectivity index (χ2v) is 12.8. The Bertz CT molecular complexity index is 1280. The van der Waals surface area contributed by atoms with Crippen molar-refractivity contribution >= 4 is 57.4 Å². The molecule has 1 aromatic carbocycles. The number of carbonyl (C=O) groups excluding carboxylic acids is 1. The number of nitrogens with zero attached hydrogens (tertiary/aromatic N) is 5. The number of nitrogen functional groups attached to an aromatic ring is 1. The molecule has 0 fully saturated rings. The maximum Gasteiger partial charge on any atom is 0.410 e. The smallest absolute Gasteiger partial charge is 0.410 e. The predicted octanol–water partition coefficient (Wildman–Crippen LogP) is 5.18. The number of amides is 1. The van der Waals surface area contributed by atoms with Crippen LogP contribution in [0.1, 0.15) is 41.5 Å². The number of benzene rings is 1. The number of hydrogen-bond donors (Lipinski definition) is 1.